The summed E-state index contributed by atoms with van der Waals surface area (Å²) in [5.41, 5.74) is 0.529. The van der Waals surface area contributed by atoms with Gasteiger partial charge in [0, 0.05) is 10.8 Å². The van der Waals surface area contributed by atoms with Gasteiger partial charge in [-0.3, -0.25) is 0 Å². The second-order valence-electron chi connectivity index (χ2n) is 8.02. The Balaban J connectivity index is 1.68. The first kappa shape index (κ1) is 15.5. The second kappa shape index (κ2) is 5.34. The fraction of sp³-hybridized carbons (Fsp3) is 1.00. The van der Waals surface area contributed by atoms with E-state index in [1.807, 2.05) is 0 Å². The molecule has 20 heavy (non-hydrogen) atoms. The molecule has 0 aromatic rings. The lowest BCUT2D eigenvalue weighted by atomic mass is 9.43. The van der Waals surface area contributed by atoms with E-state index in [1.165, 1.54) is 70.6 Å². The first-order valence-electron chi connectivity index (χ1n) is 8.86. The summed E-state index contributed by atoms with van der Waals surface area (Å²) in [4.78, 5) is 0. The Morgan fingerprint density at radius 1 is 0.750 bits per heavy atom. The second-order valence-corrected chi connectivity index (χ2v) is 9.34. The lowest BCUT2D eigenvalue weighted by Gasteiger charge is -2.69. The number of rotatable bonds is 2. The van der Waals surface area contributed by atoms with Gasteiger partial charge >= 0.3 is 0 Å². The molecule has 2 heteroatoms. The number of hydrogen-bond acceptors (Lipinski definition) is 0. The van der Waals surface area contributed by atoms with E-state index in [9.17, 15) is 0 Å². The minimum atomic E-state index is -0.433. The van der Waals surface area contributed by atoms with Gasteiger partial charge in [0.15, 0.2) is 0 Å². The molecule has 0 aromatic heterocycles. The van der Waals surface area contributed by atoms with Gasteiger partial charge < -0.3 is 0 Å². The van der Waals surface area contributed by atoms with Gasteiger partial charge in [0.2, 0.25) is 0 Å². The topological polar surface area (TPSA) is 0 Å². The SMILES string of the molecule is CCC1CCC2(CC1)CC1(CCC(CC)CC1)C2(Cl)Cl. The Kier molecular flexibility index (Phi) is 4.13. The standard InChI is InChI=1S/C18H30Cl2/c1-3-14-5-9-16(10-6-14)13-17(18(16,19)20)11-7-15(4-2)8-12-17/h14-15H,3-13H2,1-2H3. The molecule has 0 radical (unpaired) electrons. The average Bonchev–Trinajstić information content (AvgIpc) is 2.48. The maximum absolute atomic E-state index is 7.02. The zero-order valence-electron chi connectivity index (χ0n) is 13.2. The molecule has 0 N–H and O–H groups in total. The highest BCUT2D eigenvalue weighted by Crippen LogP contribution is 2.76. The molecule has 3 aliphatic rings. The maximum atomic E-state index is 7.02. The summed E-state index contributed by atoms with van der Waals surface area (Å²) in [5, 5.41) is 0. The summed E-state index contributed by atoms with van der Waals surface area (Å²) < 4.78 is -0.433. The van der Waals surface area contributed by atoms with E-state index in [2.05, 4.69) is 13.8 Å². The molecule has 0 nitrogen and oxygen atoms in total. The van der Waals surface area contributed by atoms with Crippen molar-refractivity contribution < 1.29 is 0 Å². The third-order valence-electron chi connectivity index (χ3n) is 7.29. The van der Waals surface area contributed by atoms with Crippen LogP contribution in [-0.2, 0) is 0 Å². The molecular weight excluding hydrogens is 287 g/mol. The number of alkyl halides is 2. The Morgan fingerprint density at radius 3 is 1.35 bits per heavy atom. The van der Waals surface area contributed by atoms with Crippen molar-refractivity contribution in [2.45, 2.75) is 88.8 Å². The summed E-state index contributed by atoms with van der Waals surface area (Å²) >= 11 is 14.0. The largest absolute Gasteiger partial charge is 0.129 e. The van der Waals surface area contributed by atoms with Crippen molar-refractivity contribution in [3.63, 3.8) is 0 Å². The molecule has 0 bridgehead atoms. The number of hydrogen-bond donors (Lipinski definition) is 0. The van der Waals surface area contributed by atoms with E-state index in [1.54, 1.807) is 0 Å². The van der Waals surface area contributed by atoms with Gasteiger partial charge in [0.1, 0.15) is 4.33 Å². The fourth-order valence-electron chi connectivity index (χ4n) is 5.58. The summed E-state index contributed by atoms with van der Waals surface area (Å²) in [6.45, 7) is 4.65. The van der Waals surface area contributed by atoms with Crippen molar-refractivity contribution in [1.82, 2.24) is 0 Å². The maximum Gasteiger partial charge on any atom is 0.129 e. The zero-order chi connectivity index (χ0) is 14.4. The van der Waals surface area contributed by atoms with Gasteiger partial charge in [-0.2, -0.15) is 0 Å². The Morgan fingerprint density at radius 2 is 1.10 bits per heavy atom. The van der Waals surface area contributed by atoms with Crippen LogP contribution in [0.5, 0.6) is 0 Å². The smallest absolute Gasteiger partial charge is 0.100 e. The summed E-state index contributed by atoms with van der Waals surface area (Å²) in [5.74, 6) is 1.86. The third kappa shape index (κ3) is 2.08. The van der Waals surface area contributed by atoms with Crippen molar-refractivity contribution in [3.8, 4) is 0 Å². The lowest BCUT2D eigenvalue weighted by Crippen LogP contribution is -2.66. The first-order valence-corrected chi connectivity index (χ1v) is 9.62. The van der Waals surface area contributed by atoms with Crippen molar-refractivity contribution in [1.29, 1.82) is 0 Å². The quantitative estimate of drug-likeness (QED) is 0.495. The molecule has 0 heterocycles. The van der Waals surface area contributed by atoms with Crippen LogP contribution >= 0.6 is 23.2 Å². The molecule has 0 saturated heterocycles. The minimum absolute atomic E-state index is 0.265. The molecule has 116 valence electrons. The highest BCUT2D eigenvalue weighted by atomic mass is 35.5. The van der Waals surface area contributed by atoms with E-state index < -0.39 is 4.33 Å². The Labute approximate surface area is 135 Å². The van der Waals surface area contributed by atoms with Gasteiger partial charge in [-0.05, 0) is 69.6 Å². The Bertz CT molecular complexity index is 312. The Hall–Kier alpha value is 0.580. The zero-order valence-corrected chi connectivity index (χ0v) is 14.7. The van der Waals surface area contributed by atoms with E-state index in [4.69, 9.17) is 23.2 Å². The van der Waals surface area contributed by atoms with E-state index in [0.29, 0.717) is 0 Å². The van der Waals surface area contributed by atoms with E-state index >= 15 is 0 Å². The van der Waals surface area contributed by atoms with Crippen molar-refractivity contribution in [2.24, 2.45) is 22.7 Å². The van der Waals surface area contributed by atoms with Crippen LogP contribution < -0.4 is 0 Å². The van der Waals surface area contributed by atoms with Crippen LogP contribution in [0.3, 0.4) is 0 Å². The molecule has 0 atom stereocenters. The van der Waals surface area contributed by atoms with Crippen molar-refractivity contribution >= 4 is 23.2 Å². The average molecular weight is 317 g/mol. The molecule has 0 aliphatic heterocycles. The molecule has 0 aromatic carbocycles. The monoisotopic (exact) mass is 316 g/mol. The first-order chi connectivity index (χ1) is 9.49. The highest BCUT2D eigenvalue weighted by molar-refractivity contribution is 6.50. The molecule has 0 unspecified atom stereocenters. The van der Waals surface area contributed by atoms with Crippen molar-refractivity contribution in [3.05, 3.63) is 0 Å². The summed E-state index contributed by atoms with van der Waals surface area (Å²) in [6.07, 6.45) is 14.5. The van der Waals surface area contributed by atoms with E-state index in [-0.39, 0.29) is 10.8 Å². The van der Waals surface area contributed by atoms with Gasteiger partial charge in [-0.25, -0.2) is 0 Å². The molecule has 2 spiro atoms. The highest BCUT2D eigenvalue weighted by Gasteiger charge is 2.71. The van der Waals surface area contributed by atoms with Gasteiger partial charge in [0.25, 0.3) is 0 Å². The van der Waals surface area contributed by atoms with Crippen LogP contribution in [0, 0.1) is 22.7 Å². The lowest BCUT2D eigenvalue weighted by molar-refractivity contribution is -0.115. The van der Waals surface area contributed by atoms with Crippen LogP contribution in [0.25, 0.3) is 0 Å². The van der Waals surface area contributed by atoms with Crippen LogP contribution in [0.1, 0.15) is 84.5 Å². The molecule has 0 amide bonds. The van der Waals surface area contributed by atoms with Crippen LogP contribution in [-0.4, -0.2) is 4.33 Å². The third-order valence-corrected chi connectivity index (χ3v) is 8.89. The van der Waals surface area contributed by atoms with E-state index in [0.717, 1.165) is 11.8 Å². The predicted octanol–water partition coefficient (Wildman–Crippen LogP) is 6.74. The molecule has 3 rings (SSSR count). The normalized spacial score (nSPS) is 47.4. The van der Waals surface area contributed by atoms with Crippen LogP contribution in [0.15, 0.2) is 0 Å². The number of halogens is 2. The van der Waals surface area contributed by atoms with Gasteiger partial charge in [0.05, 0.1) is 0 Å². The molecule has 3 fully saturated rings. The van der Waals surface area contributed by atoms with Crippen LogP contribution in [0.4, 0.5) is 0 Å². The molecule has 3 aliphatic carbocycles. The fourth-order valence-corrected chi connectivity index (χ4v) is 6.61. The molecular formula is C18H30Cl2. The predicted molar refractivity (Wildman–Crippen MR) is 88.4 cm³/mol. The van der Waals surface area contributed by atoms with Gasteiger partial charge in [-0.15, -0.1) is 23.2 Å². The summed E-state index contributed by atoms with van der Waals surface area (Å²) in [7, 11) is 0. The minimum Gasteiger partial charge on any atom is -0.100 e. The van der Waals surface area contributed by atoms with Crippen LogP contribution in [0.2, 0.25) is 0 Å². The van der Waals surface area contributed by atoms with Gasteiger partial charge in [-0.1, -0.05) is 26.7 Å². The van der Waals surface area contributed by atoms with Crippen molar-refractivity contribution in [2.75, 3.05) is 0 Å². The molecule has 3 saturated carbocycles. The summed E-state index contributed by atoms with van der Waals surface area (Å²) in [6, 6.07) is 0.